The predicted molar refractivity (Wildman–Crippen MR) is 78.1 cm³/mol. The van der Waals surface area contributed by atoms with Gasteiger partial charge in [0, 0.05) is 19.8 Å². The van der Waals surface area contributed by atoms with Crippen LogP contribution in [0.3, 0.4) is 0 Å². The molecule has 0 aromatic carbocycles. The van der Waals surface area contributed by atoms with Gasteiger partial charge in [-0.15, -0.1) is 0 Å². The maximum absolute atomic E-state index is 12.2. The highest BCUT2D eigenvalue weighted by atomic mass is 16.2. The number of hydrogen-bond acceptors (Lipinski definition) is 4. The third kappa shape index (κ3) is 2.82. The van der Waals surface area contributed by atoms with Crippen LogP contribution in [-0.4, -0.2) is 40.1 Å². The van der Waals surface area contributed by atoms with Crippen LogP contribution in [0.25, 0.3) is 0 Å². The van der Waals surface area contributed by atoms with Crippen molar-refractivity contribution in [3.8, 4) is 0 Å². The van der Waals surface area contributed by atoms with Crippen LogP contribution in [0.15, 0.2) is 9.59 Å². The van der Waals surface area contributed by atoms with Crippen molar-refractivity contribution in [2.75, 3.05) is 19.4 Å². The zero-order valence-corrected chi connectivity index (χ0v) is 12.9. The molecule has 0 radical (unpaired) electrons. The highest BCUT2D eigenvalue weighted by Gasteiger charge is 2.21. The summed E-state index contributed by atoms with van der Waals surface area (Å²) in [4.78, 5) is 37.8. The molecule has 1 unspecified atom stereocenters. The molecule has 1 rings (SSSR count). The Morgan fingerprint density at radius 2 is 1.80 bits per heavy atom. The second-order valence-electron chi connectivity index (χ2n) is 5.04. The summed E-state index contributed by atoms with van der Waals surface area (Å²) in [5.41, 5.74) is -0.308. The number of likely N-dealkylation sites (N-methyl/N-ethyl adjacent to an activating group) is 1. The monoisotopic (exact) mass is 282 g/mol. The summed E-state index contributed by atoms with van der Waals surface area (Å²) in [5.74, 6) is -0.253. The Bertz CT molecular complexity index is 628. The molecule has 0 aliphatic heterocycles. The maximum Gasteiger partial charge on any atom is 0.330 e. The van der Waals surface area contributed by atoms with Gasteiger partial charge >= 0.3 is 5.69 Å². The van der Waals surface area contributed by atoms with E-state index in [0.29, 0.717) is 12.1 Å². The fraction of sp³-hybridized carbons (Fsp3) is 0.615. The van der Waals surface area contributed by atoms with Crippen molar-refractivity contribution in [2.45, 2.75) is 26.3 Å². The Kier molecular flexibility index (Phi) is 4.88. The van der Waals surface area contributed by atoms with E-state index in [2.05, 4.69) is 5.32 Å². The van der Waals surface area contributed by atoms with E-state index in [-0.39, 0.29) is 17.6 Å². The highest BCUT2D eigenvalue weighted by Crippen LogP contribution is 2.08. The van der Waals surface area contributed by atoms with Crippen LogP contribution in [0.4, 0.5) is 5.69 Å². The van der Waals surface area contributed by atoms with Crippen LogP contribution in [0.5, 0.6) is 0 Å². The number of carbonyl (C=O) groups is 1. The van der Waals surface area contributed by atoms with E-state index in [1.54, 1.807) is 33.0 Å². The van der Waals surface area contributed by atoms with E-state index in [9.17, 15) is 14.4 Å². The van der Waals surface area contributed by atoms with Gasteiger partial charge in [0.1, 0.15) is 5.69 Å². The maximum atomic E-state index is 12.2. The molecule has 1 aromatic rings. The molecule has 0 aliphatic rings. The summed E-state index contributed by atoms with van der Waals surface area (Å²) < 4.78 is 2.33. The van der Waals surface area contributed by atoms with Crippen LogP contribution in [0.2, 0.25) is 0 Å². The molecule has 112 valence electrons. The molecule has 0 saturated carbocycles. The van der Waals surface area contributed by atoms with Crippen LogP contribution in [0, 0.1) is 6.92 Å². The topological polar surface area (TPSA) is 76.3 Å². The molecule has 1 atom stereocenters. The van der Waals surface area contributed by atoms with Gasteiger partial charge < -0.3 is 5.32 Å². The Hall–Kier alpha value is -1.89. The number of anilines is 1. The van der Waals surface area contributed by atoms with Crippen LogP contribution in [-0.2, 0) is 18.9 Å². The number of amides is 1. The Morgan fingerprint density at radius 3 is 2.25 bits per heavy atom. The molecule has 7 nitrogen and oxygen atoms in total. The quantitative estimate of drug-likeness (QED) is 0.820. The van der Waals surface area contributed by atoms with Gasteiger partial charge in [-0.05, 0) is 27.4 Å². The molecule has 0 saturated heterocycles. The highest BCUT2D eigenvalue weighted by molar-refractivity contribution is 5.95. The lowest BCUT2D eigenvalue weighted by atomic mass is 10.2. The summed E-state index contributed by atoms with van der Waals surface area (Å²) in [5, 5.41) is 2.65. The molecule has 20 heavy (non-hydrogen) atoms. The number of hydrogen-bond donors (Lipinski definition) is 1. The largest absolute Gasteiger partial charge is 0.330 e. The van der Waals surface area contributed by atoms with E-state index in [1.807, 2.05) is 6.92 Å². The molecule has 1 heterocycles. The van der Waals surface area contributed by atoms with Gasteiger partial charge in [0.25, 0.3) is 5.56 Å². The molecule has 1 aromatic heterocycles. The summed E-state index contributed by atoms with van der Waals surface area (Å²) in [7, 11) is 6.57. The van der Waals surface area contributed by atoms with Crippen molar-refractivity contribution in [1.29, 1.82) is 0 Å². The van der Waals surface area contributed by atoms with Crippen molar-refractivity contribution in [3.05, 3.63) is 26.5 Å². The van der Waals surface area contributed by atoms with Crippen molar-refractivity contribution >= 4 is 11.6 Å². The number of carbonyl (C=O) groups excluding carboxylic acids is 1. The molecular weight excluding hydrogens is 260 g/mol. The summed E-state index contributed by atoms with van der Waals surface area (Å²) in [6.07, 6.45) is 0.629. The molecule has 0 fully saturated rings. The van der Waals surface area contributed by atoms with Crippen molar-refractivity contribution in [3.63, 3.8) is 0 Å². The van der Waals surface area contributed by atoms with Gasteiger partial charge in [0.2, 0.25) is 5.91 Å². The lowest BCUT2D eigenvalue weighted by Gasteiger charge is -2.22. The van der Waals surface area contributed by atoms with Gasteiger partial charge in [-0.25, -0.2) is 4.79 Å². The first-order valence-corrected chi connectivity index (χ1v) is 6.46. The Balaban J connectivity index is 3.27. The van der Waals surface area contributed by atoms with Gasteiger partial charge in [0.15, 0.2) is 0 Å². The first-order valence-electron chi connectivity index (χ1n) is 6.46. The van der Waals surface area contributed by atoms with E-state index < -0.39 is 11.2 Å². The summed E-state index contributed by atoms with van der Waals surface area (Å²) >= 11 is 0. The molecule has 0 aliphatic carbocycles. The normalized spacial score (nSPS) is 12.6. The second-order valence-corrected chi connectivity index (χ2v) is 5.04. The van der Waals surface area contributed by atoms with Crippen LogP contribution in [0.1, 0.15) is 19.0 Å². The minimum Gasteiger partial charge on any atom is -0.319 e. The number of nitrogens with zero attached hydrogens (tertiary/aromatic N) is 3. The standard InChI is InChI=1S/C13H22N4O3/c1-7-9(15(3)4)11(18)14-10-8(2)16(5)13(20)17(6)12(10)19/h9H,7H2,1-6H3,(H,14,18). The zero-order valence-electron chi connectivity index (χ0n) is 12.9. The predicted octanol–water partition coefficient (Wildman–Crippen LogP) is -0.329. The molecule has 0 spiro atoms. The number of rotatable bonds is 4. The van der Waals surface area contributed by atoms with E-state index in [4.69, 9.17) is 0 Å². The molecule has 0 bridgehead atoms. The van der Waals surface area contributed by atoms with E-state index >= 15 is 0 Å². The minimum atomic E-state index is -0.493. The van der Waals surface area contributed by atoms with E-state index in [0.717, 1.165) is 4.57 Å². The average molecular weight is 282 g/mol. The fourth-order valence-corrected chi connectivity index (χ4v) is 2.08. The number of nitrogens with one attached hydrogen (secondary N) is 1. The average Bonchev–Trinajstić information content (AvgIpc) is 2.39. The third-order valence-corrected chi connectivity index (χ3v) is 3.52. The van der Waals surface area contributed by atoms with Gasteiger partial charge in [-0.2, -0.15) is 0 Å². The summed E-state index contributed by atoms with van der Waals surface area (Å²) in [6, 6.07) is -0.323. The molecule has 7 heteroatoms. The SMILES string of the molecule is CCC(C(=O)Nc1c(C)n(C)c(=O)n(C)c1=O)N(C)C. The van der Waals surface area contributed by atoms with Gasteiger partial charge in [-0.3, -0.25) is 23.6 Å². The first kappa shape index (κ1) is 16.2. The Labute approximate surface area is 117 Å². The second kappa shape index (κ2) is 6.04. The van der Waals surface area contributed by atoms with Gasteiger partial charge in [-0.1, -0.05) is 6.92 Å². The minimum absolute atomic E-state index is 0.153. The first-order chi connectivity index (χ1) is 9.22. The van der Waals surface area contributed by atoms with E-state index in [1.165, 1.54) is 11.6 Å². The molecule has 1 N–H and O–H groups in total. The lowest BCUT2D eigenvalue weighted by Crippen LogP contribution is -2.44. The number of aromatic nitrogens is 2. The zero-order chi connectivity index (χ0) is 15.6. The van der Waals surface area contributed by atoms with Crippen molar-refractivity contribution < 1.29 is 4.79 Å². The van der Waals surface area contributed by atoms with Crippen LogP contribution >= 0.6 is 0 Å². The van der Waals surface area contributed by atoms with Crippen LogP contribution < -0.4 is 16.6 Å². The fourth-order valence-electron chi connectivity index (χ4n) is 2.08. The molecule has 1 amide bonds. The lowest BCUT2D eigenvalue weighted by molar-refractivity contribution is -0.120. The van der Waals surface area contributed by atoms with Gasteiger partial charge in [0.05, 0.1) is 6.04 Å². The smallest absolute Gasteiger partial charge is 0.319 e. The van der Waals surface area contributed by atoms with Crippen molar-refractivity contribution in [2.24, 2.45) is 14.1 Å². The third-order valence-electron chi connectivity index (χ3n) is 3.52. The summed E-state index contributed by atoms with van der Waals surface area (Å²) in [6.45, 7) is 3.53. The molecular formula is C13H22N4O3. The van der Waals surface area contributed by atoms with Crippen molar-refractivity contribution in [1.82, 2.24) is 14.0 Å². The Morgan fingerprint density at radius 1 is 1.25 bits per heavy atom.